The van der Waals surface area contributed by atoms with Crippen molar-refractivity contribution in [2.45, 2.75) is 19.3 Å². The van der Waals surface area contributed by atoms with Crippen molar-refractivity contribution >= 4 is 5.69 Å². The maximum atomic E-state index is 10.6. The lowest BCUT2D eigenvalue weighted by atomic mass is 9.77. The number of phenols is 1. The van der Waals surface area contributed by atoms with Gasteiger partial charge in [-0.15, -0.1) is 4.91 Å². The molecule has 92 valence electrons. The first-order valence-corrected chi connectivity index (χ1v) is 5.78. The van der Waals surface area contributed by atoms with E-state index in [1.807, 2.05) is 50.2 Å². The predicted octanol–water partition coefficient (Wildman–Crippen LogP) is 4.12. The van der Waals surface area contributed by atoms with Gasteiger partial charge in [0, 0.05) is 11.0 Å². The molecule has 1 N–H and O–H groups in total. The van der Waals surface area contributed by atoms with Gasteiger partial charge in [0.2, 0.25) is 0 Å². The topological polar surface area (TPSA) is 49.7 Å². The van der Waals surface area contributed by atoms with Crippen LogP contribution in [0.2, 0.25) is 0 Å². The number of aromatic hydroxyl groups is 1. The lowest BCUT2D eigenvalue weighted by Crippen LogP contribution is -2.18. The zero-order chi connectivity index (χ0) is 13.2. The Kier molecular flexibility index (Phi) is 3.15. The first-order chi connectivity index (χ1) is 8.57. The number of benzene rings is 2. The average molecular weight is 241 g/mol. The molecule has 0 fully saturated rings. The number of nitroso groups, excluding NO2 is 1. The summed E-state index contributed by atoms with van der Waals surface area (Å²) in [5, 5.41) is 12.9. The van der Waals surface area contributed by atoms with Gasteiger partial charge >= 0.3 is 0 Å². The van der Waals surface area contributed by atoms with Crippen molar-refractivity contribution in [2.75, 3.05) is 0 Å². The van der Waals surface area contributed by atoms with E-state index in [4.69, 9.17) is 0 Å². The second-order valence-electron chi connectivity index (χ2n) is 4.76. The summed E-state index contributed by atoms with van der Waals surface area (Å²) in [7, 11) is 0. The Morgan fingerprint density at radius 3 is 2.28 bits per heavy atom. The van der Waals surface area contributed by atoms with Crippen LogP contribution in [-0.4, -0.2) is 5.11 Å². The second-order valence-corrected chi connectivity index (χ2v) is 4.76. The quantitative estimate of drug-likeness (QED) is 0.822. The van der Waals surface area contributed by atoms with Crippen molar-refractivity contribution in [3.05, 3.63) is 64.6 Å². The molecule has 0 atom stereocenters. The molecule has 0 aliphatic carbocycles. The van der Waals surface area contributed by atoms with Crippen LogP contribution in [0.4, 0.5) is 5.69 Å². The van der Waals surface area contributed by atoms with E-state index in [9.17, 15) is 10.0 Å². The predicted molar refractivity (Wildman–Crippen MR) is 72.1 cm³/mol. The molecule has 0 aliphatic rings. The van der Waals surface area contributed by atoms with Gasteiger partial charge in [0.1, 0.15) is 11.4 Å². The summed E-state index contributed by atoms with van der Waals surface area (Å²) in [6.45, 7) is 4.01. The summed E-state index contributed by atoms with van der Waals surface area (Å²) in [6.07, 6.45) is 0. The van der Waals surface area contributed by atoms with Crippen molar-refractivity contribution in [2.24, 2.45) is 5.18 Å². The van der Waals surface area contributed by atoms with Crippen molar-refractivity contribution in [3.8, 4) is 5.75 Å². The fourth-order valence-electron chi connectivity index (χ4n) is 2.12. The van der Waals surface area contributed by atoms with E-state index in [1.54, 1.807) is 6.07 Å². The summed E-state index contributed by atoms with van der Waals surface area (Å²) in [6, 6.07) is 14.9. The van der Waals surface area contributed by atoms with E-state index in [2.05, 4.69) is 5.18 Å². The van der Waals surface area contributed by atoms with Gasteiger partial charge in [-0.25, -0.2) is 0 Å². The molecule has 0 heterocycles. The van der Waals surface area contributed by atoms with E-state index >= 15 is 0 Å². The van der Waals surface area contributed by atoms with E-state index in [1.165, 1.54) is 6.07 Å². The van der Waals surface area contributed by atoms with Gasteiger partial charge in [-0.05, 0) is 16.8 Å². The molecule has 0 saturated heterocycles. The van der Waals surface area contributed by atoms with Gasteiger partial charge in [0.25, 0.3) is 0 Å². The minimum absolute atomic E-state index is 0.0404. The van der Waals surface area contributed by atoms with E-state index < -0.39 is 0 Å². The van der Waals surface area contributed by atoms with Gasteiger partial charge in [0.05, 0.1) is 0 Å². The van der Waals surface area contributed by atoms with Gasteiger partial charge in [0.15, 0.2) is 0 Å². The molecule has 2 aromatic carbocycles. The van der Waals surface area contributed by atoms with Crippen molar-refractivity contribution in [1.29, 1.82) is 0 Å². The van der Waals surface area contributed by atoms with E-state index in [-0.39, 0.29) is 16.9 Å². The van der Waals surface area contributed by atoms with Crippen LogP contribution in [-0.2, 0) is 5.41 Å². The molecule has 0 spiro atoms. The first kappa shape index (κ1) is 12.3. The molecule has 0 aliphatic heterocycles. The van der Waals surface area contributed by atoms with Crippen LogP contribution >= 0.6 is 0 Å². The molecule has 0 amide bonds. The summed E-state index contributed by atoms with van der Waals surface area (Å²) >= 11 is 0. The molecule has 0 saturated carbocycles. The van der Waals surface area contributed by atoms with E-state index in [0.29, 0.717) is 5.56 Å². The van der Waals surface area contributed by atoms with Crippen molar-refractivity contribution in [1.82, 2.24) is 0 Å². The summed E-state index contributed by atoms with van der Waals surface area (Å²) in [4.78, 5) is 10.6. The molecule has 0 bridgehead atoms. The number of para-hydroxylation sites is 1. The fraction of sp³-hybridized carbons (Fsp3) is 0.200. The minimum atomic E-state index is -0.383. The van der Waals surface area contributed by atoms with Crippen LogP contribution in [0.5, 0.6) is 5.75 Å². The Morgan fingerprint density at radius 1 is 1.00 bits per heavy atom. The Hall–Kier alpha value is -2.16. The maximum Gasteiger partial charge on any atom is 0.149 e. The van der Waals surface area contributed by atoms with E-state index in [0.717, 1.165) is 5.56 Å². The minimum Gasteiger partial charge on any atom is -0.505 e. The normalized spacial score (nSPS) is 11.2. The van der Waals surface area contributed by atoms with Crippen LogP contribution < -0.4 is 0 Å². The molecule has 2 aromatic rings. The van der Waals surface area contributed by atoms with Gasteiger partial charge in [-0.3, -0.25) is 0 Å². The number of rotatable bonds is 3. The number of phenolic OH excluding ortho intramolecular Hbond substituents is 1. The summed E-state index contributed by atoms with van der Waals surface area (Å²) in [5.74, 6) is -0.0404. The molecule has 2 rings (SSSR count). The highest BCUT2D eigenvalue weighted by Crippen LogP contribution is 2.40. The Labute approximate surface area is 106 Å². The zero-order valence-corrected chi connectivity index (χ0v) is 10.4. The number of hydrogen-bond acceptors (Lipinski definition) is 3. The van der Waals surface area contributed by atoms with Gasteiger partial charge in [-0.2, -0.15) is 0 Å². The number of nitrogens with zero attached hydrogens (tertiary/aromatic N) is 1. The monoisotopic (exact) mass is 241 g/mol. The summed E-state index contributed by atoms with van der Waals surface area (Å²) < 4.78 is 0. The fourth-order valence-corrected chi connectivity index (χ4v) is 2.12. The third-order valence-corrected chi connectivity index (χ3v) is 3.28. The van der Waals surface area contributed by atoms with Gasteiger partial charge < -0.3 is 5.11 Å². The van der Waals surface area contributed by atoms with Crippen molar-refractivity contribution in [3.63, 3.8) is 0 Å². The van der Waals surface area contributed by atoms with Crippen molar-refractivity contribution < 1.29 is 5.11 Å². The highest BCUT2D eigenvalue weighted by atomic mass is 16.3. The molecule has 3 heteroatoms. The lowest BCUT2D eigenvalue weighted by Gasteiger charge is -2.27. The molecule has 0 radical (unpaired) electrons. The smallest absolute Gasteiger partial charge is 0.149 e. The zero-order valence-electron chi connectivity index (χ0n) is 10.4. The highest BCUT2D eigenvalue weighted by molar-refractivity contribution is 5.59. The molecular weight excluding hydrogens is 226 g/mol. The standard InChI is InChI=1S/C15H15NO2/c1-15(2,11-7-4-3-5-8-11)12-9-6-10-13(16-18)14(12)17/h3-10,17H,1-2H3. The van der Waals surface area contributed by atoms with Crippen LogP contribution in [0, 0.1) is 4.91 Å². The number of hydrogen-bond donors (Lipinski definition) is 1. The average Bonchev–Trinajstić information content (AvgIpc) is 2.40. The molecule has 0 aromatic heterocycles. The van der Waals surface area contributed by atoms with Crippen LogP contribution in [0.15, 0.2) is 53.7 Å². The lowest BCUT2D eigenvalue weighted by molar-refractivity contribution is 0.454. The van der Waals surface area contributed by atoms with Crippen LogP contribution in [0.1, 0.15) is 25.0 Å². The third kappa shape index (κ3) is 1.99. The highest BCUT2D eigenvalue weighted by Gasteiger charge is 2.27. The molecule has 3 nitrogen and oxygen atoms in total. The molecule has 18 heavy (non-hydrogen) atoms. The Bertz CT molecular complexity index is 562. The molecule has 0 unspecified atom stereocenters. The first-order valence-electron chi connectivity index (χ1n) is 5.78. The third-order valence-electron chi connectivity index (χ3n) is 3.28. The molecular formula is C15H15NO2. The SMILES string of the molecule is CC(C)(c1ccccc1)c1cccc(N=O)c1O. The Balaban J connectivity index is 2.58. The summed E-state index contributed by atoms with van der Waals surface area (Å²) in [5.41, 5.74) is 1.47. The van der Waals surface area contributed by atoms with Crippen LogP contribution in [0.3, 0.4) is 0 Å². The van der Waals surface area contributed by atoms with Crippen LogP contribution in [0.25, 0.3) is 0 Å². The largest absolute Gasteiger partial charge is 0.505 e. The van der Waals surface area contributed by atoms with Gasteiger partial charge in [-0.1, -0.05) is 56.3 Å². The maximum absolute atomic E-state index is 10.6. The second kappa shape index (κ2) is 4.61. The Morgan fingerprint density at radius 2 is 1.67 bits per heavy atom.